The number of rotatable bonds is 5. The van der Waals surface area contributed by atoms with Crippen molar-refractivity contribution in [2.45, 2.75) is 0 Å². The SMILES string of the molecule is S=C(NCCN1CCOCC1)N/N=C\c1ccncc1. The van der Waals surface area contributed by atoms with Gasteiger partial charge in [0.2, 0.25) is 0 Å². The number of aromatic nitrogens is 1. The molecule has 108 valence electrons. The Morgan fingerprint density at radius 3 is 2.90 bits per heavy atom. The van der Waals surface area contributed by atoms with E-state index >= 15 is 0 Å². The second-order valence-electron chi connectivity index (χ2n) is 4.36. The lowest BCUT2D eigenvalue weighted by Crippen LogP contribution is -2.42. The van der Waals surface area contributed by atoms with Crippen molar-refractivity contribution in [1.82, 2.24) is 20.6 Å². The molecule has 0 bridgehead atoms. The predicted octanol–water partition coefficient (Wildman–Crippen LogP) is 0.212. The fourth-order valence-electron chi connectivity index (χ4n) is 1.81. The molecule has 7 heteroatoms. The molecule has 0 saturated carbocycles. The summed E-state index contributed by atoms with van der Waals surface area (Å²) in [5.74, 6) is 0. The Hall–Kier alpha value is -1.57. The van der Waals surface area contributed by atoms with Gasteiger partial charge in [-0.2, -0.15) is 5.10 Å². The lowest BCUT2D eigenvalue weighted by molar-refractivity contribution is 0.0389. The molecule has 20 heavy (non-hydrogen) atoms. The summed E-state index contributed by atoms with van der Waals surface area (Å²) in [6.07, 6.45) is 5.15. The Balaban J connectivity index is 1.59. The van der Waals surface area contributed by atoms with Gasteiger partial charge in [0.25, 0.3) is 0 Å². The molecule has 1 aromatic rings. The molecule has 1 aliphatic rings. The highest BCUT2D eigenvalue weighted by Gasteiger charge is 2.09. The molecule has 6 nitrogen and oxygen atoms in total. The summed E-state index contributed by atoms with van der Waals surface area (Å²) in [5, 5.41) is 7.73. The molecule has 0 amide bonds. The predicted molar refractivity (Wildman–Crippen MR) is 82.8 cm³/mol. The number of thiocarbonyl (C=S) groups is 1. The van der Waals surface area contributed by atoms with E-state index in [9.17, 15) is 0 Å². The zero-order valence-corrected chi connectivity index (χ0v) is 12.1. The van der Waals surface area contributed by atoms with Crippen LogP contribution in [0, 0.1) is 0 Å². The van der Waals surface area contributed by atoms with E-state index in [0.29, 0.717) is 5.11 Å². The van der Waals surface area contributed by atoms with Gasteiger partial charge in [-0.1, -0.05) is 0 Å². The van der Waals surface area contributed by atoms with Crippen LogP contribution in [-0.4, -0.2) is 60.6 Å². The quantitative estimate of drug-likeness (QED) is 0.460. The van der Waals surface area contributed by atoms with Crippen molar-refractivity contribution in [2.75, 3.05) is 39.4 Å². The molecule has 0 radical (unpaired) electrons. The standard InChI is InChI=1S/C13H19N5OS/c20-13(15-5-6-18-7-9-19-10-8-18)17-16-11-12-1-3-14-4-2-12/h1-4,11H,5-10H2,(H2,15,17,20)/b16-11-. The summed E-state index contributed by atoms with van der Waals surface area (Å²) in [7, 11) is 0. The fourth-order valence-corrected chi connectivity index (χ4v) is 1.96. The molecular formula is C13H19N5OS. The summed E-state index contributed by atoms with van der Waals surface area (Å²) in [4.78, 5) is 6.29. The van der Waals surface area contributed by atoms with Gasteiger partial charge in [-0.05, 0) is 29.9 Å². The largest absolute Gasteiger partial charge is 0.379 e. The van der Waals surface area contributed by atoms with Gasteiger partial charge in [-0.25, -0.2) is 0 Å². The van der Waals surface area contributed by atoms with Crippen molar-refractivity contribution in [3.63, 3.8) is 0 Å². The van der Waals surface area contributed by atoms with E-state index in [1.165, 1.54) is 0 Å². The number of hydrogen-bond acceptors (Lipinski definition) is 5. The molecule has 1 fully saturated rings. The van der Waals surface area contributed by atoms with Gasteiger partial charge >= 0.3 is 0 Å². The Kier molecular flexibility index (Phi) is 6.36. The number of nitrogens with one attached hydrogen (secondary N) is 2. The average Bonchev–Trinajstić information content (AvgIpc) is 2.49. The first-order chi connectivity index (χ1) is 9.84. The minimum Gasteiger partial charge on any atom is -0.379 e. The first-order valence-electron chi connectivity index (χ1n) is 6.61. The molecular weight excluding hydrogens is 274 g/mol. The van der Waals surface area contributed by atoms with Crippen molar-refractivity contribution in [3.05, 3.63) is 30.1 Å². The van der Waals surface area contributed by atoms with Crippen molar-refractivity contribution >= 4 is 23.5 Å². The van der Waals surface area contributed by atoms with Gasteiger partial charge in [0.05, 0.1) is 19.4 Å². The van der Waals surface area contributed by atoms with Crippen LogP contribution in [0.4, 0.5) is 0 Å². The second-order valence-corrected chi connectivity index (χ2v) is 4.77. The second kappa shape index (κ2) is 8.57. The lowest BCUT2D eigenvalue weighted by atomic mass is 10.3. The minimum atomic E-state index is 0.531. The summed E-state index contributed by atoms with van der Waals surface area (Å²) < 4.78 is 5.30. The molecule has 0 unspecified atom stereocenters. The third-order valence-electron chi connectivity index (χ3n) is 2.90. The Morgan fingerprint density at radius 1 is 1.40 bits per heavy atom. The van der Waals surface area contributed by atoms with Gasteiger partial charge in [-0.15, -0.1) is 0 Å². The number of hydrazone groups is 1. The topological polar surface area (TPSA) is 61.8 Å². The average molecular weight is 293 g/mol. The normalized spacial score (nSPS) is 16.2. The van der Waals surface area contributed by atoms with Crippen LogP contribution in [0.2, 0.25) is 0 Å². The van der Waals surface area contributed by atoms with E-state index in [4.69, 9.17) is 17.0 Å². The first-order valence-corrected chi connectivity index (χ1v) is 7.02. The molecule has 0 aliphatic carbocycles. The maximum absolute atomic E-state index is 5.30. The Labute approximate surface area is 124 Å². The lowest BCUT2D eigenvalue weighted by Gasteiger charge is -2.26. The maximum Gasteiger partial charge on any atom is 0.187 e. The van der Waals surface area contributed by atoms with E-state index < -0.39 is 0 Å². The fraction of sp³-hybridized carbons (Fsp3) is 0.462. The zero-order valence-electron chi connectivity index (χ0n) is 11.3. The van der Waals surface area contributed by atoms with Crippen LogP contribution in [0.25, 0.3) is 0 Å². The highest BCUT2D eigenvalue weighted by molar-refractivity contribution is 7.80. The van der Waals surface area contributed by atoms with E-state index in [1.807, 2.05) is 12.1 Å². The summed E-state index contributed by atoms with van der Waals surface area (Å²) in [6, 6.07) is 3.75. The smallest absolute Gasteiger partial charge is 0.187 e. The number of morpholine rings is 1. The van der Waals surface area contributed by atoms with Crippen LogP contribution in [0.1, 0.15) is 5.56 Å². The molecule has 2 heterocycles. The zero-order chi connectivity index (χ0) is 14.0. The van der Waals surface area contributed by atoms with Crippen LogP contribution in [-0.2, 0) is 4.74 Å². The molecule has 2 N–H and O–H groups in total. The Bertz CT molecular complexity index is 434. The van der Waals surface area contributed by atoms with E-state index in [1.54, 1.807) is 18.6 Å². The van der Waals surface area contributed by atoms with Gasteiger partial charge in [-0.3, -0.25) is 15.3 Å². The number of ether oxygens (including phenoxy) is 1. The van der Waals surface area contributed by atoms with Crippen molar-refractivity contribution in [3.8, 4) is 0 Å². The summed E-state index contributed by atoms with van der Waals surface area (Å²) in [6.45, 7) is 5.37. The highest BCUT2D eigenvalue weighted by atomic mass is 32.1. The highest BCUT2D eigenvalue weighted by Crippen LogP contribution is 1.94. The third kappa shape index (κ3) is 5.60. The van der Waals surface area contributed by atoms with Crippen LogP contribution in [0.3, 0.4) is 0 Å². The Morgan fingerprint density at radius 2 is 2.15 bits per heavy atom. The van der Waals surface area contributed by atoms with Crippen LogP contribution in [0.15, 0.2) is 29.6 Å². The monoisotopic (exact) mass is 293 g/mol. The van der Waals surface area contributed by atoms with Crippen molar-refractivity contribution in [1.29, 1.82) is 0 Å². The molecule has 1 saturated heterocycles. The van der Waals surface area contributed by atoms with Crippen LogP contribution < -0.4 is 10.7 Å². The number of hydrogen-bond donors (Lipinski definition) is 2. The molecule has 0 spiro atoms. The van der Waals surface area contributed by atoms with Gasteiger partial charge in [0, 0.05) is 38.6 Å². The van der Waals surface area contributed by atoms with Crippen LogP contribution >= 0.6 is 12.2 Å². The van der Waals surface area contributed by atoms with Gasteiger partial charge in [0.15, 0.2) is 5.11 Å². The number of pyridine rings is 1. The molecule has 2 rings (SSSR count). The number of nitrogens with zero attached hydrogens (tertiary/aromatic N) is 3. The van der Waals surface area contributed by atoms with Gasteiger partial charge in [0.1, 0.15) is 0 Å². The van der Waals surface area contributed by atoms with Crippen molar-refractivity contribution in [2.24, 2.45) is 5.10 Å². The van der Waals surface area contributed by atoms with E-state index in [-0.39, 0.29) is 0 Å². The van der Waals surface area contributed by atoms with Crippen molar-refractivity contribution < 1.29 is 4.74 Å². The third-order valence-corrected chi connectivity index (χ3v) is 3.14. The molecule has 0 atom stereocenters. The molecule has 1 aliphatic heterocycles. The van der Waals surface area contributed by atoms with Gasteiger partial charge < -0.3 is 10.1 Å². The van der Waals surface area contributed by atoms with E-state index in [0.717, 1.165) is 45.0 Å². The summed E-state index contributed by atoms with van der Waals surface area (Å²) in [5.41, 5.74) is 3.77. The first kappa shape index (κ1) is 14.8. The maximum atomic E-state index is 5.30. The van der Waals surface area contributed by atoms with Crippen LogP contribution in [0.5, 0.6) is 0 Å². The molecule has 0 aromatic carbocycles. The van der Waals surface area contributed by atoms with E-state index in [2.05, 4.69) is 25.7 Å². The minimum absolute atomic E-state index is 0.531. The summed E-state index contributed by atoms with van der Waals surface area (Å²) >= 11 is 5.14. The molecule has 1 aromatic heterocycles.